The Balaban J connectivity index is 1.37. The minimum Gasteiger partial charge on any atom is -0.456 e. The standard InChI is InChI=1S/C38H20N2O2/c39-21-23-13-24(22-40)15-27(14-23)30-17-28(25-9-11-37-33(19-25)31-5-1-3-7-35(31)41-37)16-29(18-30)26-10-12-38-34(20-26)32-6-2-4-8-36(32)42-38/h1-20H. The van der Waals surface area contributed by atoms with E-state index in [1.165, 1.54) is 0 Å². The van der Waals surface area contributed by atoms with Crippen LogP contribution >= 0.6 is 0 Å². The zero-order valence-corrected chi connectivity index (χ0v) is 22.3. The molecule has 0 saturated carbocycles. The molecule has 0 unspecified atom stereocenters. The van der Waals surface area contributed by atoms with E-state index in [1.807, 2.05) is 60.7 Å². The molecule has 0 saturated heterocycles. The molecule has 0 amide bonds. The maximum absolute atomic E-state index is 9.65. The van der Waals surface area contributed by atoms with E-state index in [0.29, 0.717) is 11.1 Å². The molecule has 2 heterocycles. The van der Waals surface area contributed by atoms with E-state index in [1.54, 1.807) is 6.07 Å². The third kappa shape index (κ3) is 3.83. The summed E-state index contributed by atoms with van der Waals surface area (Å²) in [5.74, 6) is 0. The van der Waals surface area contributed by atoms with Gasteiger partial charge in [-0.05, 0) is 106 Å². The lowest BCUT2D eigenvalue weighted by Crippen LogP contribution is -1.89. The second-order valence-corrected chi connectivity index (χ2v) is 10.4. The van der Waals surface area contributed by atoms with E-state index in [0.717, 1.165) is 77.3 Å². The number of para-hydroxylation sites is 2. The zero-order valence-electron chi connectivity index (χ0n) is 22.3. The van der Waals surface area contributed by atoms with E-state index >= 15 is 0 Å². The SMILES string of the molecule is N#Cc1cc(C#N)cc(-c2cc(-c3ccc4oc5ccccc5c4c3)cc(-c3ccc4oc5ccccc5c4c3)c2)c1. The number of hydrogen-bond acceptors (Lipinski definition) is 4. The molecule has 0 aliphatic carbocycles. The maximum atomic E-state index is 9.65. The monoisotopic (exact) mass is 536 g/mol. The Kier molecular flexibility index (Phi) is 5.22. The molecule has 8 rings (SSSR count). The topological polar surface area (TPSA) is 73.9 Å². The smallest absolute Gasteiger partial charge is 0.135 e. The van der Waals surface area contributed by atoms with Gasteiger partial charge in [0.2, 0.25) is 0 Å². The Bertz CT molecular complexity index is 2280. The fourth-order valence-corrected chi connectivity index (χ4v) is 5.86. The summed E-state index contributed by atoms with van der Waals surface area (Å²) in [7, 11) is 0. The minimum absolute atomic E-state index is 0.452. The fourth-order valence-electron chi connectivity index (χ4n) is 5.86. The number of hydrogen-bond donors (Lipinski definition) is 0. The van der Waals surface area contributed by atoms with Gasteiger partial charge in [0.05, 0.1) is 23.3 Å². The molecule has 0 bridgehead atoms. The van der Waals surface area contributed by atoms with Crippen LogP contribution in [0.25, 0.3) is 77.3 Å². The first kappa shape index (κ1) is 23.8. The van der Waals surface area contributed by atoms with Crippen molar-refractivity contribution >= 4 is 43.9 Å². The van der Waals surface area contributed by atoms with Gasteiger partial charge in [-0.1, -0.05) is 48.5 Å². The van der Waals surface area contributed by atoms with E-state index in [-0.39, 0.29) is 0 Å². The Morgan fingerprint density at radius 2 is 0.762 bits per heavy atom. The van der Waals surface area contributed by atoms with Gasteiger partial charge in [-0.15, -0.1) is 0 Å². The first-order valence-corrected chi connectivity index (χ1v) is 13.6. The Hall–Kier alpha value is -6.10. The Morgan fingerprint density at radius 1 is 0.357 bits per heavy atom. The van der Waals surface area contributed by atoms with Crippen LogP contribution in [0.2, 0.25) is 0 Å². The maximum Gasteiger partial charge on any atom is 0.135 e. The number of fused-ring (bicyclic) bond motifs is 6. The number of rotatable bonds is 3. The summed E-state index contributed by atoms with van der Waals surface area (Å²) < 4.78 is 12.2. The van der Waals surface area contributed by atoms with Gasteiger partial charge < -0.3 is 8.83 Å². The van der Waals surface area contributed by atoms with E-state index in [4.69, 9.17) is 8.83 Å². The van der Waals surface area contributed by atoms with Crippen LogP contribution in [0.4, 0.5) is 0 Å². The van der Waals surface area contributed by atoms with Crippen molar-refractivity contribution < 1.29 is 8.83 Å². The molecule has 0 fully saturated rings. The first-order chi connectivity index (χ1) is 20.7. The molecule has 0 aliphatic rings. The van der Waals surface area contributed by atoms with Gasteiger partial charge in [-0.25, -0.2) is 0 Å². The quantitative estimate of drug-likeness (QED) is 0.225. The van der Waals surface area contributed by atoms with Crippen molar-refractivity contribution in [1.29, 1.82) is 10.5 Å². The highest BCUT2D eigenvalue weighted by atomic mass is 16.3. The van der Waals surface area contributed by atoms with Crippen molar-refractivity contribution in [2.45, 2.75) is 0 Å². The van der Waals surface area contributed by atoms with Gasteiger partial charge in [0, 0.05) is 21.5 Å². The summed E-state index contributed by atoms with van der Waals surface area (Å²) in [4.78, 5) is 0. The molecule has 2 aromatic heterocycles. The molecule has 194 valence electrons. The van der Waals surface area contributed by atoms with Crippen LogP contribution in [0.1, 0.15) is 11.1 Å². The molecule has 0 spiro atoms. The highest BCUT2D eigenvalue weighted by Gasteiger charge is 2.14. The van der Waals surface area contributed by atoms with Gasteiger partial charge >= 0.3 is 0 Å². The van der Waals surface area contributed by atoms with Gasteiger partial charge in [0.1, 0.15) is 22.3 Å². The van der Waals surface area contributed by atoms with Gasteiger partial charge in [-0.3, -0.25) is 0 Å². The van der Waals surface area contributed by atoms with Gasteiger partial charge in [0.25, 0.3) is 0 Å². The summed E-state index contributed by atoms with van der Waals surface area (Å²) in [5, 5.41) is 23.6. The first-order valence-electron chi connectivity index (χ1n) is 13.6. The Morgan fingerprint density at radius 3 is 1.24 bits per heavy atom. The van der Waals surface area contributed by atoms with Crippen LogP contribution in [0.3, 0.4) is 0 Å². The second-order valence-electron chi connectivity index (χ2n) is 10.4. The molecule has 4 heteroatoms. The van der Waals surface area contributed by atoms with E-state index in [2.05, 4.69) is 66.7 Å². The average Bonchev–Trinajstić information content (AvgIpc) is 3.61. The molecule has 0 radical (unpaired) electrons. The third-order valence-corrected chi connectivity index (χ3v) is 7.88. The molecule has 42 heavy (non-hydrogen) atoms. The Labute approximate surface area is 240 Å². The zero-order chi connectivity index (χ0) is 28.2. The summed E-state index contributed by atoms with van der Waals surface area (Å²) in [6, 6.07) is 44.8. The van der Waals surface area contributed by atoms with Crippen molar-refractivity contribution in [3.8, 4) is 45.5 Å². The van der Waals surface area contributed by atoms with Crippen LogP contribution in [0, 0.1) is 22.7 Å². The van der Waals surface area contributed by atoms with Crippen LogP contribution in [0.5, 0.6) is 0 Å². The molecule has 0 aliphatic heterocycles. The molecule has 6 aromatic carbocycles. The van der Waals surface area contributed by atoms with Crippen molar-refractivity contribution in [1.82, 2.24) is 0 Å². The normalized spacial score (nSPS) is 11.3. The van der Waals surface area contributed by atoms with Crippen molar-refractivity contribution in [3.05, 3.63) is 132 Å². The van der Waals surface area contributed by atoms with Gasteiger partial charge in [0.15, 0.2) is 0 Å². The molecule has 4 nitrogen and oxygen atoms in total. The van der Waals surface area contributed by atoms with Crippen LogP contribution in [-0.4, -0.2) is 0 Å². The van der Waals surface area contributed by atoms with Crippen LogP contribution in [0.15, 0.2) is 130 Å². The summed E-state index contributed by atoms with van der Waals surface area (Å²) in [5.41, 5.74) is 10.2. The van der Waals surface area contributed by atoms with Crippen molar-refractivity contribution in [2.75, 3.05) is 0 Å². The number of nitriles is 2. The van der Waals surface area contributed by atoms with Crippen molar-refractivity contribution in [3.63, 3.8) is 0 Å². The third-order valence-electron chi connectivity index (χ3n) is 7.88. The minimum atomic E-state index is 0.452. The van der Waals surface area contributed by atoms with Crippen LogP contribution in [-0.2, 0) is 0 Å². The highest BCUT2D eigenvalue weighted by molar-refractivity contribution is 6.07. The molecular formula is C38H20N2O2. The molecule has 8 aromatic rings. The van der Waals surface area contributed by atoms with E-state index in [9.17, 15) is 10.5 Å². The predicted molar refractivity (Wildman–Crippen MR) is 167 cm³/mol. The van der Waals surface area contributed by atoms with Gasteiger partial charge in [-0.2, -0.15) is 10.5 Å². The summed E-state index contributed by atoms with van der Waals surface area (Å²) in [6.45, 7) is 0. The average molecular weight is 537 g/mol. The molecule has 0 N–H and O–H groups in total. The largest absolute Gasteiger partial charge is 0.456 e. The van der Waals surface area contributed by atoms with E-state index < -0.39 is 0 Å². The number of nitrogens with zero attached hydrogens (tertiary/aromatic N) is 2. The van der Waals surface area contributed by atoms with Crippen molar-refractivity contribution in [2.24, 2.45) is 0 Å². The number of benzene rings is 6. The lowest BCUT2D eigenvalue weighted by molar-refractivity contribution is 0.668. The predicted octanol–water partition coefficient (Wildman–Crippen LogP) is 10.2. The number of furan rings is 2. The fraction of sp³-hybridized carbons (Fsp3) is 0. The lowest BCUT2D eigenvalue weighted by Gasteiger charge is -2.12. The highest BCUT2D eigenvalue weighted by Crippen LogP contribution is 2.38. The summed E-state index contributed by atoms with van der Waals surface area (Å²) >= 11 is 0. The molecule has 0 atom stereocenters. The molecular weight excluding hydrogens is 516 g/mol. The van der Waals surface area contributed by atoms with Crippen LogP contribution < -0.4 is 0 Å². The lowest BCUT2D eigenvalue weighted by atomic mass is 9.91. The summed E-state index contributed by atoms with van der Waals surface area (Å²) in [6.07, 6.45) is 0. The second kappa shape index (κ2) is 9.24.